The maximum absolute atomic E-state index is 11.8. The number of carbonyl (C=O) groups excluding carboxylic acids is 1. The van der Waals surface area contributed by atoms with Crippen molar-refractivity contribution in [1.82, 2.24) is 20.2 Å². The molecule has 2 heterocycles. The summed E-state index contributed by atoms with van der Waals surface area (Å²) >= 11 is 0. The first-order chi connectivity index (χ1) is 10.3. The molecule has 21 heavy (non-hydrogen) atoms. The Morgan fingerprint density at radius 3 is 2.67 bits per heavy atom. The number of piperazine rings is 1. The zero-order valence-electron chi connectivity index (χ0n) is 12.5. The van der Waals surface area contributed by atoms with Crippen LogP contribution in [-0.2, 0) is 9.53 Å². The number of aromatic nitrogens is 2. The van der Waals surface area contributed by atoms with Crippen LogP contribution in [0.4, 0.5) is 5.95 Å². The third kappa shape index (κ3) is 5.28. The summed E-state index contributed by atoms with van der Waals surface area (Å²) in [5, 5.41) is 2.91. The van der Waals surface area contributed by atoms with Gasteiger partial charge in [0.05, 0.1) is 6.54 Å². The lowest BCUT2D eigenvalue weighted by Crippen LogP contribution is -2.50. The summed E-state index contributed by atoms with van der Waals surface area (Å²) in [6.45, 7) is 5.20. The largest absolute Gasteiger partial charge is 0.385 e. The first-order valence-corrected chi connectivity index (χ1v) is 7.29. The van der Waals surface area contributed by atoms with E-state index < -0.39 is 0 Å². The Labute approximate surface area is 125 Å². The third-order valence-corrected chi connectivity index (χ3v) is 3.42. The van der Waals surface area contributed by atoms with Gasteiger partial charge in [-0.05, 0) is 12.5 Å². The van der Waals surface area contributed by atoms with E-state index in [0.29, 0.717) is 19.7 Å². The molecule has 116 valence electrons. The second-order valence-corrected chi connectivity index (χ2v) is 5.01. The predicted octanol–water partition coefficient (Wildman–Crippen LogP) is -0.249. The van der Waals surface area contributed by atoms with Crippen LogP contribution in [0.5, 0.6) is 0 Å². The van der Waals surface area contributed by atoms with Gasteiger partial charge in [-0.1, -0.05) is 0 Å². The van der Waals surface area contributed by atoms with Crippen LogP contribution in [0.3, 0.4) is 0 Å². The van der Waals surface area contributed by atoms with Crippen LogP contribution in [0.2, 0.25) is 0 Å². The maximum Gasteiger partial charge on any atom is 0.234 e. The molecule has 7 nitrogen and oxygen atoms in total. The molecule has 1 aromatic heterocycles. The highest BCUT2D eigenvalue weighted by Crippen LogP contribution is 2.09. The Balaban J connectivity index is 1.66. The van der Waals surface area contributed by atoms with E-state index in [-0.39, 0.29) is 5.91 Å². The van der Waals surface area contributed by atoms with E-state index in [1.54, 1.807) is 19.5 Å². The summed E-state index contributed by atoms with van der Waals surface area (Å²) in [6.07, 6.45) is 4.35. The number of hydrogen-bond donors (Lipinski definition) is 1. The fourth-order valence-electron chi connectivity index (χ4n) is 2.26. The Morgan fingerprint density at radius 2 is 2.00 bits per heavy atom. The molecule has 2 rings (SSSR count). The number of nitrogens with one attached hydrogen (secondary N) is 1. The summed E-state index contributed by atoms with van der Waals surface area (Å²) < 4.78 is 4.95. The van der Waals surface area contributed by atoms with Crippen LogP contribution in [-0.4, -0.2) is 73.8 Å². The van der Waals surface area contributed by atoms with Gasteiger partial charge in [-0.2, -0.15) is 0 Å². The van der Waals surface area contributed by atoms with E-state index in [1.807, 2.05) is 6.07 Å². The summed E-state index contributed by atoms with van der Waals surface area (Å²) in [6, 6.07) is 1.81. The van der Waals surface area contributed by atoms with Gasteiger partial charge >= 0.3 is 0 Å². The Morgan fingerprint density at radius 1 is 1.29 bits per heavy atom. The van der Waals surface area contributed by atoms with E-state index in [9.17, 15) is 4.79 Å². The standard InChI is InChI=1S/C14H23N5O2/c1-21-11-3-6-15-13(20)12-18-7-9-19(10-8-18)14-16-4-2-5-17-14/h2,4-5H,3,6-12H2,1H3,(H,15,20). The molecule has 0 bridgehead atoms. The molecular weight excluding hydrogens is 270 g/mol. The fourth-order valence-corrected chi connectivity index (χ4v) is 2.26. The van der Waals surface area contributed by atoms with Gasteiger partial charge in [0.1, 0.15) is 0 Å². The van der Waals surface area contributed by atoms with Gasteiger partial charge < -0.3 is 15.0 Å². The molecule has 0 spiro atoms. The molecule has 0 unspecified atom stereocenters. The van der Waals surface area contributed by atoms with E-state index in [4.69, 9.17) is 4.74 Å². The van der Waals surface area contributed by atoms with Gasteiger partial charge in [0.25, 0.3) is 0 Å². The minimum Gasteiger partial charge on any atom is -0.385 e. The van der Waals surface area contributed by atoms with Crippen LogP contribution >= 0.6 is 0 Å². The van der Waals surface area contributed by atoms with Crippen molar-refractivity contribution < 1.29 is 9.53 Å². The average molecular weight is 293 g/mol. The molecule has 0 atom stereocenters. The van der Waals surface area contributed by atoms with Gasteiger partial charge in [0, 0.05) is 58.8 Å². The number of hydrogen-bond acceptors (Lipinski definition) is 6. The molecule has 1 saturated heterocycles. The van der Waals surface area contributed by atoms with Gasteiger partial charge in [-0.3, -0.25) is 9.69 Å². The van der Waals surface area contributed by atoms with Crippen LogP contribution in [0, 0.1) is 0 Å². The Bertz CT molecular complexity index is 421. The van der Waals surface area contributed by atoms with Crippen molar-refractivity contribution in [3.63, 3.8) is 0 Å². The van der Waals surface area contributed by atoms with Crippen molar-refractivity contribution in [1.29, 1.82) is 0 Å². The molecule has 0 aliphatic carbocycles. The molecule has 1 fully saturated rings. The minimum atomic E-state index is 0.0792. The van der Waals surface area contributed by atoms with Crippen molar-refractivity contribution in [3.8, 4) is 0 Å². The molecule has 1 aromatic rings. The molecule has 1 N–H and O–H groups in total. The van der Waals surface area contributed by atoms with Gasteiger partial charge in [-0.25, -0.2) is 9.97 Å². The lowest BCUT2D eigenvalue weighted by Gasteiger charge is -2.34. The molecule has 1 aliphatic heterocycles. The SMILES string of the molecule is COCCCNC(=O)CN1CCN(c2ncccn2)CC1. The highest BCUT2D eigenvalue weighted by Gasteiger charge is 2.20. The van der Waals surface area contributed by atoms with Crippen molar-refractivity contribution >= 4 is 11.9 Å². The third-order valence-electron chi connectivity index (χ3n) is 3.42. The lowest BCUT2D eigenvalue weighted by atomic mass is 10.3. The number of rotatable bonds is 7. The van der Waals surface area contributed by atoms with Crippen LogP contribution in [0.25, 0.3) is 0 Å². The first kappa shape index (κ1) is 15.7. The van der Waals surface area contributed by atoms with Crippen molar-refractivity contribution in [2.75, 3.05) is 57.9 Å². The summed E-state index contributed by atoms with van der Waals surface area (Å²) in [5.74, 6) is 0.844. The first-order valence-electron chi connectivity index (χ1n) is 7.29. The quantitative estimate of drug-likeness (QED) is 0.699. The van der Waals surface area contributed by atoms with Crippen molar-refractivity contribution in [3.05, 3.63) is 18.5 Å². The van der Waals surface area contributed by atoms with Crippen LogP contribution in [0.1, 0.15) is 6.42 Å². The maximum atomic E-state index is 11.8. The number of nitrogens with zero attached hydrogens (tertiary/aromatic N) is 4. The molecule has 1 amide bonds. The lowest BCUT2D eigenvalue weighted by molar-refractivity contribution is -0.122. The molecule has 7 heteroatoms. The number of anilines is 1. The molecule has 0 aromatic carbocycles. The number of ether oxygens (including phenoxy) is 1. The zero-order valence-corrected chi connectivity index (χ0v) is 12.5. The Hall–Kier alpha value is -1.73. The normalized spacial score (nSPS) is 16.0. The van der Waals surface area contributed by atoms with E-state index in [1.165, 1.54) is 0 Å². The topological polar surface area (TPSA) is 70.6 Å². The fraction of sp³-hybridized carbons (Fsp3) is 0.643. The zero-order chi connectivity index (χ0) is 14.9. The number of carbonyl (C=O) groups is 1. The molecule has 0 saturated carbocycles. The van der Waals surface area contributed by atoms with Gasteiger partial charge in [-0.15, -0.1) is 0 Å². The van der Waals surface area contributed by atoms with Crippen LogP contribution in [0.15, 0.2) is 18.5 Å². The van der Waals surface area contributed by atoms with Gasteiger partial charge in [0.2, 0.25) is 11.9 Å². The monoisotopic (exact) mass is 293 g/mol. The minimum absolute atomic E-state index is 0.0792. The smallest absolute Gasteiger partial charge is 0.234 e. The molecule has 0 radical (unpaired) electrons. The van der Waals surface area contributed by atoms with E-state index in [0.717, 1.165) is 38.5 Å². The molecule has 1 aliphatic rings. The van der Waals surface area contributed by atoms with Gasteiger partial charge in [0.15, 0.2) is 0 Å². The van der Waals surface area contributed by atoms with E-state index >= 15 is 0 Å². The van der Waals surface area contributed by atoms with Crippen molar-refractivity contribution in [2.24, 2.45) is 0 Å². The summed E-state index contributed by atoms with van der Waals surface area (Å²) in [7, 11) is 1.66. The highest BCUT2D eigenvalue weighted by atomic mass is 16.5. The molecular formula is C14H23N5O2. The Kier molecular flexibility index (Phi) is 6.36. The summed E-state index contributed by atoms with van der Waals surface area (Å²) in [5.41, 5.74) is 0. The highest BCUT2D eigenvalue weighted by molar-refractivity contribution is 5.78. The summed E-state index contributed by atoms with van der Waals surface area (Å²) in [4.78, 5) is 24.6. The number of methoxy groups -OCH3 is 1. The average Bonchev–Trinajstić information content (AvgIpc) is 2.53. The second kappa shape index (κ2) is 8.53. The predicted molar refractivity (Wildman–Crippen MR) is 80.2 cm³/mol. The second-order valence-electron chi connectivity index (χ2n) is 5.01. The number of amides is 1. The van der Waals surface area contributed by atoms with E-state index in [2.05, 4.69) is 25.1 Å². The van der Waals surface area contributed by atoms with Crippen molar-refractivity contribution in [2.45, 2.75) is 6.42 Å². The van der Waals surface area contributed by atoms with Crippen LogP contribution < -0.4 is 10.2 Å².